The number of piperazine rings is 1. The van der Waals surface area contributed by atoms with Crippen LogP contribution >= 0.6 is 0 Å². The molecule has 2 aromatic carbocycles. The minimum absolute atomic E-state index is 0.152. The molecule has 35 heavy (non-hydrogen) atoms. The van der Waals surface area contributed by atoms with Crippen LogP contribution < -0.4 is 9.47 Å². The van der Waals surface area contributed by atoms with Gasteiger partial charge in [-0.3, -0.25) is 9.69 Å². The highest BCUT2D eigenvalue weighted by atomic mass is 19.3. The van der Waals surface area contributed by atoms with Gasteiger partial charge in [-0.05, 0) is 38.1 Å². The Morgan fingerprint density at radius 3 is 2.51 bits per heavy atom. The van der Waals surface area contributed by atoms with Gasteiger partial charge < -0.3 is 18.9 Å². The Balaban J connectivity index is 1.24. The van der Waals surface area contributed by atoms with Crippen LogP contribution in [-0.2, 0) is 6.42 Å². The summed E-state index contributed by atoms with van der Waals surface area (Å²) in [6.07, 6.45) is 1.53. The summed E-state index contributed by atoms with van der Waals surface area (Å²) in [5.74, 6) is 0.974. The fourth-order valence-corrected chi connectivity index (χ4v) is 3.99. The first kappa shape index (κ1) is 24.6. The number of halogens is 2. The van der Waals surface area contributed by atoms with Crippen molar-refractivity contribution >= 4 is 5.91 Å². The summed E-state index contributed by atoms with van der Waals surface area (Å²) >= 11 is 0. The molecule has 0 atom stereocenters. The van der Waals surface area contributed by atoms with E-state index in [1.165, 1.54) is 24.8 Å². The maximum absolute atomic E-state index is 12.9. The number of ether oxygens (including phenoxy) is 2. The van der Waals surface area contributed by atoms with Crippen LogP contribution in [0, 0.1) is 6.92 Å². The smallest absolute Gasteiger partial charge is 0.387 e. The SMILES string of the molecule is COc1ccc(C(=O)N2CCN(CCCc3nc(-c4ccc(C)cc4)no3)CC2)cc1OC(F)F. The zero-order valence-corrected chi connectivity index (χ0v) is 19.7. The predicted molar refractivity (Wildman–Crippen MR) is 125 cm³/mol. The molecule has 2 heterocycles. The maximum atomic E-state index is 12.9. The van der Waals surface area contributed by atoms with Crippen LogP contribution in [-0.4, -0.2) is 72.3 Å². The number of aryl methyl sites for hydroxylation is 2. The summed E-state index contributed by atoms with van der Waals surface area (Å²) < 4.78 is 40.3. The lowest BCUT2D eigenvalue weighted by Crippen LogP contribution is -2.48. The van der Waals surface area contributed by atoms with Gasteiger partial charge in [0.2, 0.25) is 11.7 Å². The molecule has 0 radical (unpaired) electrons. The lowest BCUT2D eigenvalue weighted by molar-refractivity contribution is -0.0512. The number of hydrogen-bond donors (Lipinski definition) is 0. The summed E-state index contributed by atoms with van der Waals surface area (Å²) in [5, 5.41) is 4.07. The van der Waals surface area contributed by atoms with Crippen LogP contribution in [0.2, 0.25) is 0 Å². The Hall–Kier alpha value is -3.53. The number of benzene rings is 2. The van der Waals surface area contributed by atoms with Crippen molar-refractivity contribution in [2.24, 2.45) is 0 Å². The molecule has 1 amide bonds. The van der Waals surface area contributed by atoms with Gasteiger partial charge in [0, 0.05) is 43.7 Å². The molecule has 1 aliphatic heterocycles. The Kier molecular flexibility index (Phi) is 7.91. The highest BCUT2D eigenvalue weighted by molar-refractivity contribution is 5.95. The molecule has 0 spiro atoms. The van der Waals surface area contributed by atoms with Crippen molar-refractivity contribution in [1.29, 1.82) is 0 Å². The van der Waals surface area contributed by atoms with Crippen LogP contribution in [0.5, 0.6) is 11.5 Å². The van der Waals surface area contributed by atoms with Gasteiger partial charge in [0.05, 0.1) is 7.11 Å². The van der Waals surface area contributed by atoms with E-state index in [9.17, 15) is 13.6 Å². The summed E-state index contributed by atoms with van der Waals surface area (Å²) in [6.45, 7) is 2.42. The second kappa shape index (κ2) is 11.3. The van der Waals surface area contributed by atoms with Crippen molar-refractivity contribution in [3.05, 3.63) is 59.5 Å². The first-order chi connectivity index (χ1) is 16.9. The quantitative estimate of drug-likeness (QED) is 0.452. The predicted octanol–water partition coefficient (Wildman–Crippen LogP) is 4.05. The minimum Gasteiger partial charge on any atom is -0.493 e. The number of hydrogen-bond acceptors (Lipinski definition) is 7. The fourth-order valence-electron chi connectivity index (χ4n) is 3.99. The molecule has 10 heteroatoms. The van der Waals surface area contributed by atoms with Crippen LogP contribution in [0.4, 0.5) is 8.78 Å². The zero-order valence-electron chi connectivity index (χ0n) is 19.7. The Labute approximate surface area is 202 Å². The summed E-state index contributed by atoms with van der Waals surface area (Å²) in [6, 6.07) is 12.3. The first-order valence-corrected chi connectivity index (χ1v) is 11.5. The van der Waals surface area contributed by atoms with E-state index in [-0.39, 0.29) is 23.0 Å². The van der Waals surface area contributed by atoms with Gasteiger partial charge >= 0.3 is 6.61 Å². The molecule has 0 bridgehead atoms. The molecule has 0 aliphatic carbocycles. The topological polar surface area (TPSA) is 80.9 Å². The van der Waals surface area contributed by atoms with Gasteiger partial charge in [0.1, 0.15) is 0 Å². The van der Waals surface area contributed by atoms with Crippen LogP contribution in [0.3, 0.4) is 0 Å². The van der Waals surface area contributed by atoms with Gasteiger partial charge in [-0.15, -0.1) is 0 Å². The van der Waals surface area contributed by atoms with E-state index in [0.29, 0.717) is 31.2 Å². The highest BCUT2D eigenvalue weighted by Crippen LogP contribution is 2.30. The molecule has 186 valence electrons. The van der Waals surface area contributed by atoms with Crippen molar-refractivity contribution in [1.82, 2.24) is 19.9 Å². The van der Waals surface area contributed by atoms with Gasteiger partial charge in [0.25, 0.3) is 5.91 Å². The molecule has 4 rings (SSSR count). The standard InChI is InChI=1S/C25H28F2N4O4/c1-17-5-7-18(8-6-17)23-28-22(35-29-23)4-3-11-30-12-14-31(15-13-30)24(32)19-9-10-20(33-2)21(16-19)34-25(26)27/h5-10,16,25H,3-4,11-15H2,1-2H3. The van der Waals surface area contributed by atoms with E-state index >= 15 is 0 Å². The summed E-state index contributed by atoms with van der Waals surface area (Å²) in [7, 11) is 1.36. The molecular weight excluding hydrogens is 458 g/mol. The van der Waals surface area contributed by atoms with Crippen molar-refractivity contribution in [2.45, 2.75) is 26.4 Å². The molecular formula is C25H28F2N4O4. The molecule has 1 saturated heterocycles. The molecule has 0 N–H and O–H groups in total. The second-order valence-corrected chi connectivity index (χ2v) is 8.36. The van der Waals surface area contributed by atoms with Crippen molar-refractivity contribution in [3.8, 4) is 22.9 Å². The molecule has 1 aliphatic rings. The third-order valence-electron chi connectivity index (χ3n) is 5.93. The lowest BCUT2D eigenvalue weighted by Gasteiger charge is -2.34. The van der Waals surface area contributed by atoms with Crippen molar-refractivity contribution in [2.75, 3.05) is 39.8 Å². The van der Waals surface area contributed by atoms with Gasteiger partial charge in [0.15, 0.2) is 11.5 Å². The summed E-state index contributed by atoms with van der Waals surface area (Å²) in [5.41, 5.74) is 2.39. The van der Waals surface area contributed by atoms with Gasteiger partial charge in [-0.2, -0.15) is 13.8 Å². The largest absolute Gasteiger partial charge is 0.493 e. The van der Waals surface area contributed by atoms with Gasteiger partial charge in [-0.1, -0.05) is 35.0 Å². The highest BCUT2D eigenvalue weighted by Gasteiger charge is 2.23. The summed E-state index contributed by atoms with van der Waals surface area (Å²) in [4.78, 5) is 21.4. The number of alkyl halides is 2. The molecule has 0 saturated carbocycles. The average molecular weight is 487 g/mol. The normalized spacial score (nSPS) is 14.4. The van der Waals surface area contributed by atoms with E-state index in [4.69, 9.17) is 9.26 Å². The molecule has 0 unspecified atom stereocenters. The van der Waals surface area contributed by atoms with Gasteiger partial charge in [-0.25, -0.2) is 0 Å². The van der Waals surface area contributed by atoms with Crippen LogP contribution in [0.1, 0.15) is 28.2 Å². The Morgan fingerprint density at radius 2 is 1.83 bits per heavy atom. The number of carbonyl (C=O) groups is 1. The molecule has 1 aromatic heterocycles. The number of carbonyl (C=O) groups excluding carboxylic acids is 1. The Bertz CT molecular complexity index is 1130. The first-order valence-electron chi connectivity index (χ1n) is 11.5. The third kappa shape index (κ3) is 6.33. The lowest BCUT2D eigenvalue weighted by atomic mass is 10.1. The number of nitrogens with zero attached hydrogens (tertiary/aromatic N) is 4. The van der Waals surface area contributed by atoms with Crippen LogP contribution in [0.25, 0.3) is 11.4 Å². The number of rotatable bonds is 9. The minimum atomic E-state index is -3.00. The monoisotopic (exact) mass is 486 g/mol. The fraction of sp³-hybridized carbons (Fsp3) is 0.400. The average Bonchev–Trinajstić information content (AvgIpc) is 3.33. The molecule has 1 fully saturated rings. The van der Waals surface area contributed by atoms with Crippen molar-refractivity contribution in [3.63, 3.8) is 0 Å². The van der Waals surface area contributed by atoms with E-state index in [0.717, 1.165) is 31.6 Å². The number of aromatic nitrogens is 2. The number of methoxy groups -OCH3 is 1. The number of amides is 1. The maximum Gasteiger partial charge on any atom is 0.387 e. The molecule has 8 nitrogen and oxygen atoms in total. The zero-order chi connectivity index (χ0) is 24.8. The third-order valence-corrected chi connectivity index (χ3v) is 5.93. The van der Waals surface area contributed by atoms with E-state index in [1.54, 1.807) is 11.0 Å². The van der Waals surface area contributed by atoms with E-state index in [1.807, 2.05) is 31.2 Å². The van der Waals surface area contributed by atoms with Crippen LogP contribution in [0.15, 0.2) is 47.0 Å². The van der Waals surface area contributed by atoms with Crippen molar-refractivity contribution < 1.29 is 27.6 Å². The van der Waals surface area contributed by atoms with E-state index < -0.39 is 6.61 Å². The van der Waals surface area contributed by atoms with E-state index in [2.05, 4.69) is 19.8 Å². The second-order valence-electron chi connectivity index (χ2n) is 8.36. The Morgan fingerprint density at radius 1 is 1.09 bits per heavy atom. The molecule has 3 aromatic rings.